The van der Waals surface area contributed by atoms with Crippen molar-refractivity contribution in [3.63, 3.8) is 0 Å². The third-order valence-corrected chi connectivity index (χ3v) is 4.14. The van der Waals surface area contributed by atoms with Gasteiger partial charge >= 0.3 is 0 Å². The normalized spacial score (nSPS) is 11.1. The second-order valence-corrected chi connectivity index (χ2v) is 5.65. The molecule has 0 aliphatic heterocycles. The zero-order chi connectivity index (χ0) is 16.5. The minimum absolute atomic E-state index is 0.843. The number of aromatic nitrogens is 5. The lowest BCUT2D eigenvalue weighted by Gasteiger charge is -2.05. The Hall–Kier alpha value is -3.08. The summed E-state index contributed by atoms with van der Waals surface area (Å²) in [5.41, 5.74) is 6.99. The second kappa shape index (κ2) is 5.85. The van der Waals surface area contributed by atoms with Crippen LogP contribution in [0.5, 0.6) is 0 Å². The van der Waals surface area contributed by atoms with E-state index < -0.39 is 0 Å². The number of imidazole rings is 1. The third-order valence-electron chi connectivity index (χ3n) is 4.14. The highest BCUT2D eigenvalue weighted by molar-refractivity contribution is 5.80. The Morgan fingerprint density at radius 3 is 2.50 bits per heavy atom. The van der Waals surface area contributed by atoms with Crippen molar-refractivity contribution in [2.75, 3.05) is 0 Å². The Balaban J connectivity index is 1.93. The zero-order valence-corrected chi connectivity index (χ0v) is 13.6. The Morgan fingerprint density at radius 2 is 1.79 bits per heavy atom. The predicted octanol–water partition coefficient (Wildman–Crippen LogP) is 3.72. The molecule has 0 bridgehead atoms. The zero-order valence-electron chi connectivity index (χ0n) is 13.6. The van der Waals surface area contributed by atoms with Crippen molar-refractivity contribution >= 4 is 5.65 Å². The summed E-state index contributed by atoms with van der Waals surface area (Å²) in [5.74, 6) is 0. The predicted molar refractivity (Wildman–Crippen MR) is 93.6 cm³/mol. The van der Waals surface area contributed by atoms with E-state index in [0.29, 0.717) is 0 Å². The van der Waals surface area contributed by atoms with Crippen molar-refractivity contribution < 1.29 is 0 Å². The number of hydrogen-bond acceptors (Lipinski definition) is 4. The highest BCUT2D eigenvalue weighted by Gasteiger charge is 2.15. The molecule has 24 heavy (non-hydrogen) atoms. The Bertz CT molecular complexity index is 988. The van der Waals surface area contributed by atoms with Crippen LogP contribution in [-0.4, -0.2) is 24.6 Å². The van der Waals surface area contributed by atoms with Gasteiger partial charge < -0.3 is 0 Å². The highest BCUT2D eigenvalue weighted by Crippen LogP contribution is 2.29. The molecule has 118 valence electrons. The maximum atomic E-state index is 4.76. The van der Waals surface area contributed by atoms with Crippen LogP contribution in [0.4, 0.5) is 0 Å². The molecule has 0 atom stereocenters. The first-order valence-electron chi connectivity index (χ1n) is 7.98. The van der Waals surface area contributed by atoms with Gasteiger partial charge in [0, 0.05) is 41.6 Å². The van der Waals surface area contributed by atoms with Gasteiger partial charge in [-0.05, 0) is 49.2 Å². The smallest absolute Gasteiger partial charge is 0.162 e. The standard InChI is InChI=1S/C19H17N5/c1-3-16-5-4-15(12-21-16)18-13(2)23-19-17(8-11-22-24(18)19)14-6-9-20-10-7-14/h4-12H,3H2,1-2H3. The lowest BCUT2D eigenvalue weighted by molar-refractivity contribution is 0.940. The Labute approximate surface area is 140 Å². The van der Waals surface area contributed by atoms with Gasteiger partial charge in [-0.25, -0.2) is 9.50 Å². The summed E-state index contributed by atoms with van der Waals surface area (Å²) < 4.78 is 1.90. The molecule has 4 aromatic heterocycles. The lowest BCUT2D eigenvalue weighted by Crippen LogP contribution is -1.97. The first-order chi connectivity index (χ1) is 11.8. The van der Waals surface area contributed by atoms with E-state index in [0.717, 1.165) is 45.8 Å². The average molecular weight is 315 g/mol. The van der Waals surface area contributed by atoms with Gasteiger partial charge in [0.25, 0.3) is 0 Å². The molecule has 4 heterocycles. The van der Waals surface area contributed by atoms with Crippen LogP contribution in [0.2, 0.25) is 0 Å². The summed E-state index contributed by atoms with van der Waals surface area (Å²) in [6.45, 7) is 4.11. The molecule has 0 aliphatic rings. The second-order valence-electron chi connectivity index (χ2n) is 5.65. The molecule has 0 aliphatic carbocycles. The molecule has 4 rings (SSSR count). The highest BCUT2D eigenvalue weighted by atomic mass is 15.3. The van der Waals surface area contributed by atoms with Gasteiger partial charge in [-0.2, -0.15) is 5.10 Å². The molecule has 4 aromatic rings. The molecular weight excluding hydrogens is 298 g/mol. The van der Waals surface area contributed by atoms with Crippen LogP contribution in [0.1, 0.15) is 18.3 Å². The average Bonchev–Trinajstić information content (AvgIpc) is 2.98. The van der Waals surface area contributed by atoms with E-state index in [2.05, 4.69) is 34.1 Å². The van der Waals surface area contributed by atoms with Gasteiger partial charge in [-0.1, -0.05) is 6.92 Å². The van der Waals surface area contributed by atoms with Crippen LogP contribution in [0, 0.1) is 6.92 Å². The molecule has 0 amide bonds. The minimum atomic E-state index is 0.843. The summed E-state index contributed by atoms with van der Waals surface area (Å²) in [7, 11) is 0. The number of aryl methyl sites for hydroxylation is 2. The van der Waals surface area contributed by atoms with E-state index in [9.17, 15) is 0 Å². The van der Waals surface area contributed by atoms with Crippen LogP contribution in [0.15, 0.2) is 55.1 Å². The number of fused-ring (bicyclic) bond motifs is 1. The molecular formula is C19H17N5. The Morgan fingerprint density at radius 1 is 0.958 bits per heavy atom. The molecule has 5 nitrogen and oxygen atoms in total. The lowest BCUT2D eigenvalue weighted by atomic mass is 10.1. The fraction of sp³-hybridized carbons (Fsp3) is 0.158. The third kappa shape index (κ3) is 2.34. The van der Waals surface area contributed by atoms with Gasteiger partial charge in [0.1, 0.15) is 0 Å². The van der Waals surface area contributed by atoms with Crippen LogP contribution in [0.3, 0.4) is 0 Å². The number of hydrogen-bond donors (Lipinski definition) is 0. The maximum Gasteiger partial charge on any atom is 0.162 e. The SMILES string of the molecule is CCc1ccc(-c2c(C)nc3c(-c4ccncc4)ccnn23)cn1. The van der Waals surface area contributed by atoms with E-state index in [1.807, 2.05) is 35.8 Å². The van der Waals surface area contributed by atoms with Crippen molar-refractivity contribution in [1.82, 2.24) is 24.6 Å². The molecule has 0 fully saturated rings. The van der Waals surface area contributed by atoms with Gasteiger partial charge in [-0.15, -0.1) is 0 Å². The van der Waals surface area contributed by atoms with Crippen molar-refractivity contribution in [3.05, 3.63) is 66.5 Å². The molecule has 0 aromatic carbocycles. The van der Waals surface area contributed by atoms with E-state index >= 15 is 0 Å². The monoisotopic (exact) mass is 315 g/mol. The molecule has 0 saturated heterocycles. The summed E-state index contributed by atoms with van der Waals surface area (Å²) in [6.07, 6.45) is 8.21. The fourth-order valence-electron chi connectivity index (χ4n) is 2.92. The summed E-state index contributed by atoms with van der Waals surface area (Å²) in [5, 5.41) is 4.52. The van der Waals surface area contributed by atoms with Crippen molar-refractivity contribution in [1.29, 1.82) is 0 Å². The maximum absolute atomic E-state index is 4.76. The largest absolute Gasteiger partial charge is 0.265 e. The molecule has 5 heteroatoms. The van der Waals surface area contributed by atoms with Gasteiger partial charge in [0.05, 0.1) is 11.4 Å². The number of nitrogens with zero attached hydrogens (tertiary/aromatic N) is 5. The van der Waals surface area contributed by atoms with Crippen LogP contribution >= 0.6 is 0 Å². The Kier molecular flexibility index (Phi) is 3.54. The van der Waals surface area contributed by atoms with Crippen molar-refractivity contribution in [2.24, 2.45) is 0 Å². The van der Waals surface area contributed by atoms with Crippen molar-refractivity contribution in [3.8, 4) is 22.4 Å². The van der Waals surface area contributed by atoms with Gasteiger partial charge in [0.15, 0.2) is 5.65 Å². The molecule has 0 spiro atoms. The minimum Gasteiger partial charge on any atom is -0.265 e. The van der Waals surface area contributed by atoms with E-state index in [1.54, 1.807) is 18.6 Å². The summed E-state index contributed by atoms with van der Waals surface area (Å²) in [4.78, 5) is 13.4. The fourth-order valence-corrected chi connectivity index (χ4v) is 2.92. The topological polar surface area (TPSA) is 56.0 Å². The first-order valence-corrected chi connectivity index (χ1v) is 7.98. The van der Waals surface area contributed by atoms with E-state index in [4.69, 9.17) is 4.98 Å². The molecule has 0 radical (unpaired) electrons. The van der Waals surface area contributed by atoms with Gasteiger partial charge in [-0.3, -0.25) is 9.97 Å². The summed E-state index contributed by atoms with van der Waals surface area (Å²) in [6, 6.07) is 10.1. The van der Waals surface area contributed by atoms with Crippen LogP contribution in [0.25, 0.3) is 28.0 Å². The van der Waals surface area contributed by atoms with Crippen LogP contribution in [-0.2, 0) is 6.42 Å². The first kappa shape index (κ1) is 14.5. The van der Waals surface area contributed by atoms with E-state index in [1.165, 1.54) is 0 Å². The van der Waals surface area contributed by atoms with E-state index in [-0.39, 0.29) is 0 Å². The summed E-state index contributed by atoms with van der Waals surface area (Å²) >= 11 is 0. The molecule has 0 saturated carbocycles. The quantitative estimate of drug-likeness (QED) is 0.578. The van der Waals surface area contributed by atoms with Gasteiger partial charge in [0.2, 0.25) is 0 Å². The molecule has 0 unspecified atom stereocenters. The van der Waals surface area contributed by atoms with Crippen LogP contribution < -0.4 is 0 Å². The number of pyridine rings is 2. The molecule has 0 N–H and O–H groups in total. The number of rotatable bonds is 3. The van der Waals surface area contributed by atoms with Crippen molar-refractivity contribution in [2.45, 2.75) is 20.3 Å².